The molecule has 1 N–H and O–H groups in total. The van der Waals surface area contributed by atoms with Crippen molar-refractivity contribution in [2.45, 2.75) is 52.4 Å². The van der Waals surface area contributed by atoms with Crippen LogP contribution in [-0.4, -0.2) is 38.6 Å². The largest absolute Gasteiger partial charge is 0.316 e. The van der Waals surface area contributed by atoms with Gasteiger partial charge in [-0.15, -0.1) is 0 Å². The van der Waals surface area contributed by atoms with Crippen LogP contribution in [0.5, 0.6) is 0 Å². The number of nitrogens with zero attached hydrogens (tertiary/aromatic N) is 1. The highest BCUT2D eigenvalue weighted by Gasteiger charge is 2.19. The van der Waals surface area contributed by atoms with Crippen LogP contribution in [0.25, 0.3) is 0 Å². The molecule has 0 bridgehead atoms. The first-order valence-corrected chi connectivity index (χ1v) is 7.35. The van der Waals surface area contributed by atoms with Gasteiger partial charge in [0.1, 0.15) is 0 Å². The number of hydrogen-bond donors (Lipinski definition) is 1. The van der Waals surface area contributed by atoms with Crippen molar-refractivity contribution >= 4 is 0 Å². The van der Waals surface area contributed by atoms with E-state index in [2.05, 4.69) is 38.2 Å². The summed E-state index contributed by atoms with van der Waals surface area (Å²) in [5, 5.41) is 3.70. The Labute approximate surface area is 108 Å². The fraction of sp³-hybridized carbons (Fsp3) is 1.00. The number of rotatable bonds is 6. The molecule has 1 rings (SSSR count). The summed E-state index contributed by atoms with van der Waals surface area (Å²) in [5.41, 5.74) is 0.383. The normalized spacial score (nSPS) is 19.6. The molecule has 0 atom stereocenters. The SMILES string of the molecule is CN(C)CC(C)(C)CNCC1CCCCCC1. The summed E-state index contributed by atoms with van der Waals surface area (Å²) in [6.07, 6.45) is 8.72. The summed E-state index contributed by atoms with van der Waals surface area (Å²) >= 11 is 0. The van der Waals surface area contributed by atoms with Gasteiger partial charge in [-0.2, -0.15) is 0 Å². The molecule has 0 unspecified atom stereocenters. The lowest BCUT2D eigenvalue weighted by Crippen LogP contribution is -2.39. The maximum atomic E-state index is 3.70. The summed E-state index contributed by atoms with van der Waals surface area (Å²) in [7, 11) is 4.32. The van der Waals surface area contributed by atoms with Crippen molar-refractivity contribution in [1.29, 1.82) is 0 Å². The van der Waals surface area contributed by atoms with Crippen LogP contribution in [-0.2, 0) is 0 Å². The van der Waals surface area contributed by atoms with E-state index < -0.39 is 0 Å². The molecule has 1 aliphatic rings. The van der Waals surface area contributed by atoms with E-state index in [9.17, 15) is 0 Å². The topological polar surface area (TPSA) is 15.3 Å². The van der Waals surface area contributed by atoms with Crippen molar-refractivity contribution in [2.24, 2.45) is 11.3 Å². The highest BCUT2D eigenvalue weighted by Crippen LogP contribution is 2.22. The molecular weight excluding hydrogens is 208 g/mol. The van der Waals surface area contributed by atoms with Gasteiger partial charge in [0.05, 0.1) is 0 Å². The zero-order valence-electron chi connectivity index (χ0n) is 12.4. The van der Waals surface area contributed by atoms with Crippen molar-refractivity contribution in [3.63, 3.8) is 0 Å². The van der Waals surface area contributed by atoms with Gasteiger partial charge in [0.15, 0.2) is 0 Å². The van der Waals surface area contributed by atoms with Gasteiger partial charge in [0.25, 0.3) is 0 Å². The van der Waals surface area contributed by atoms with Gasteiger partial charge < -0.3 is 10.2 Å². The van der Waals surface area contributed by atoms with Crippen LogP contribution in [0, 0.1) is 11.3 Å². The highest BCUT2D eigenvalue weighted by molar-refractivity contribution is 4.75. The molecule has 102 valence electrons. The number of hydrogen-bond acceptors (Lipinski definition) is 2. The summed E-state index contributed by atoms with van der Waals surface area (Å²) in [4.78, 5) is 2.29. The molecule has 17 heavy (non-hydrogen) atoms. The van der Waals surface area contributed by atoms with Crippen LogP contribution >= 0.6 is 0 Å². The predicted octanol–water partition coefficient (Wildman–Crippen LogP) is 3.13. The standard InChI is InChI=1S/C15H32N2/c1-15(2,13-17(3)4)12-16-11-14-9-7-5-6-8-10-14/h14,16H,5-13H2,1-4H3. The molecular formula is C15H32N2. The highest BCUT2D eigenvalue weighted by atomic mass is 15.1. The molecule has 0 aromatic heterocycles. The van der Waals surface area contributed by atoms with Gasteiger partial charge in [-0.3, -0.25) is 0 Å². The summed E-state index contributed by atoms with van der Waals surface area (Å²) < 4.78 is 0. The predicted molar refractivity (Wildman–Crippen MR) is 76.4 cm³/mol. The Morgan fingerprint density at radius 3 is 2.18 bits per heavy atom. The van der Waals surface area contributed by atoms with E-state index >= 15 is 0 Å². The molecule has 0 saturated heterocycles. The molecule has 0 radical (unpaired) electrons. The Morgan fingerprint density at radius 2 is 1.65 bits per heavy atom. The molecule has 0 aromatic carbocycles. The minimum atomic E-state index is 0.383. The van der Waals surface area contributed by atoms with Crippen LogP contribution in [0.4, 0.5) is 0 Å². The van der Waals surface area contributed by atoms with E-state index in [1.165, 1.54) is 45.1 Å². The maximum absolute atomic E-state index is 3.70. The van der Waals surface area contributed by atoms with Crippen molar-refractivity contribution in [3.05, 3.63) is 0 Å². The van der Waals surface area contributed by atoms with Gasteiger partial charge in [-0.05, 0) is 44.8 Å². The molecule has 1 saturated carbocycles. The third-order valence-electron chi connectivity index (χ3n) is 3.76. The Bertz CT molecular complexity index is 191. The Kier molecular flexibility index (Phi) is 6.50. The maximum Gasteiger partial charge on any atom is 0.00387 e. The van der Waals surface area contributed by atoms with Crippen LogP contribution < -0.4 is 5.32 Å². The summed E-state index contributed by atoms with van der Waals surface area (Å²) in [5.74, 6) is 0.938. The lowest BCUT2D eigenvalue weighted by Gasteiger charge is -2.29. The average Bonchev–Trinajstić information content (AvgIpc) is 2.43. The van der Waals surface area contributed by atoms with Crippen molar-refractivity contribution in [1.82, 2.24) is 10.2 Å². The summed E-state index contributed by atoms with van der Waals surface area (Å²) in [6.45, 7) is 8.24. The molecule has 0 spiro atoms. The lowest BCUT2D eigenvalue weighted by atomic mass is 9.92. The van der Waals surface area contributed by atoms with Crippen LogP contribution in [0.2, 0.25) is 0 Å². The van der Waals surface area contributed by atoms with Gasteiger partial charge in [0, 0.05) is 13.1 Å². The van der Waals surface area contributed by atoms with E-state index in [1.807, 2.05) is 0 Å². The first-order chi connectivity index (χ1) is 7.99. The first kappa shape index (κ1) is 15.0. The molecule has 2 heteroatoms. The summed E-state index contributed by atoms with van der Waals surface area (Å²) in [6, 6.07) is 0. The van der Waals surface area contributed by atoms with Crippen molar-refractivity contribution < 1.29 is 0 Å². The molecule has 2 nitrogen and oxygen atoms in total. The zero-order chi connectivity index (χ0) is 12.7. The van der Waals surface area contributed by atoms with Gasteiger partial charge in [0.2, 0.25) is 0 Å². The van der Waals surface area contributed by atoms with E-state index in [1.54, 1.807) is 0 Å². The number of nitrogens with one attached hydrogen (secondary N) is 1. The molecule has 1 fully saturated rings. The monoisotopic (exact) mass is 240 g/mol. The average molecular weight is 240 g/mol. The molecule has 0 heterocycles. The minimum Gasteiger partial charge on any atom is -0.316 e. The lowest BCUT2D eigenvalue weighted by molar-refractivity contribution is 0.227. The van der Waals surface area contributed by atoms with E-state index in [0.717, 1.165) is 19.0 Å². The first-order valence-electron chi connectivity index (χ1n) is 7.35. The third-order valence-corrected chi connectivity index (χ3v) is 3.76. The Balaban J connectivity index is 2.17. The van der Waals surface area contributed by atoms with Gasteiger partial charge in [-0.25, -0.2) is 0 Å². The van der Waals surface area contributed by atoms with Gasteiger partial charge >= 0.3 is 0 Å². The van der Waals surface area contributed by atoms with Crippen molar-refractivity contribution in [3.8, 4) is 0 Å². The van der Waals surface area contributed by atoms with Crippen LogP contribution in [0.15, 0.2) is 0 Å². The van der Waals surface area contributed by atoms with Gasteiger partial charge in [-0.1, -0.05) is 39.5 Å². The molecule has 0 aliphatic heterocycles. The fourth-order valence-corrected chi connectivity index (χ4v) is 3.09. The molecule has 0 amide bonds. The van der Waals surface area contributed by atoms with E-state index in [-0.39, 0.29) is 0 Å². The quantitative estimate of drug-likeness (QED) is 0.718. The third kappa shape index (κ3) is 7.05. The van der Waals surface area contributed by atoms with E-state index in [0.29, 0.717) is 5.41 Å². The minimum absolute atomic E-state index is 0.383. The fourth-order valence-electron chi connectivity index (χ4n) is 3.09. The van der Waals surface area contributed by atoms with Crippen LogP contribution in [0.3, 0.4) is 0 Å². The second-order valence-corrected chi connectivity index (χ2v) is 6.89. The smallest absolute Gasteiger partial charge is 0.00387 e. The second kappa shape index (κ2) is 7.38. The van der Waals surface area contributed by atoms with Crippen LogP contribution in [0.1, 0.15) is 52.4 Å². The zero-order valence-corrected chi connectivity index (χ0v) is 12.4. The Morgan fingerprint density at radius 1 is 1.06 bits per heavy atom. The Hall–Kier alpha value is -0.0800. The molecule has 0 aromatic rings. The molecule has 1 aliphatic carbocycles. The van der Waals surface area contributed by atoms with Crippen molar-refractivity contribution in [2.75, 3.05) is 33.7 Å². The second-order valence-electron chi connectivity index (χ2n) is 6.89. The van der Waals surface area contributed by atoms with E-state index in [4.69, 9.17) is 0 Å².